The Morgan fingerprint density at radius 2 is 1.31 bits per heavy atom. The van der Waals surface area contributed by atoms with Crippen LogP contribution in [0.5, 0.6) is 0 Å². The molecule has 0 aliphatic carbocycles. The van der Waals surface area contributed by atoms with Gasteiger partial charge in [0.1, 0.15) is 19.0 Å². The molecule has 0 fully saturated rings. The third kappa shape index (κ3) is 11.8. The molecular formula is C39H45N3O6Si. The monoisotopic (exact) mass is 679 g/mol. The molecule has 0 radical (unpaired) electrons. The fraction of sp³-hybridized carbons (Fsp3) is 0.282. The van der Waals surface area contributed by atoms with Gasteiger partial charge in [-0.3, -0.25) is 10.1 Å². The van der Waals surface area contributed by atoms with Crippen LogP contribution in [-0.2, 0) is 38.3 Å². The zero-order valence-corrected chi connectivity index (χ0v) is 29.7. The molecule has 2 atom stereocenters. The summed E-state index contributed by atoms with van der Waals surface area (Å²) < 4.78 is 17.7. The molecule has 256 valence electrons. The van der Waals surface area contributed by atoms with Crippen LogP contribution in [0.3, 0.4) is 0 Å². The van der Waals surface area contributed by atoms with Gasteiger partial charge in [-0.2, -0.15) is 0 Å². The van der Waals surface area contributed by atoms with Crippen LogP contribution in [0.25, 0.3) is 0 Å². The van der Waals surface area contributed by atoms with E-state index in [9.17, 15) is 14.4 Å². The predicted octanol–water partition coefficient (Wildman–Crippen LogP) is 8.56. The van der Waals surface area contributed by atoms with Gasteiger partial charge < -0.3 is 19.2 Å². The van der Waals surface area contributed by atoms with Gasteiger partial charge in [-0.1, -0.05) is 124 Å². The molecule has 0 spiro atoms. The molecule has 1 aromatic heterocycles. The first kappa shape index (κ1) is 36.8. The average Bonchev–Trinajstić information content (AvgIpc) is 3.09. The number of benzene rings is 3. The lowest BCUT2D eigenvalue weighted by Crippen LogP contribution is -2.47. The van der Waals surface area contributed by atoms with Gasteiger partial charge in [0, 0.05) is 12.6 Å². The zero-order chi connectivity index (χ0) is 35.3. The summed E-state index contributed by atoms with van der Waals surface area (Å²) >= 11 is 0. The number of amides is 2. The van der Waals surface area contributed by atoms with Crippen molar-refractivity contribution in [1.29, 1.82) is 0 Å². The maximum absolute atomic E-state index is 13.2. The SMILES string of the molecule is CC(C)(C)[Si](C)(C)O[C@H](c1ccccc1)[C@@H](/C=C/C(=O)Cc1ccc(NC(=O)OCc2ccccc2)nc1)NC(=O)OCc1ccccc1. The van der Waals surface area contributed by atoms with Crippen LogP contribution in [0.2, 0.25) is 18.1 Å². The van der Waals surface area contributed by atoms with Gasteiger partial charge in [-0.25, -0.2) is 14.6 Å². The Bertz CT molecular complexity index is 1680. The normalized spacial score (nSPS) is 12.9. The lowest BCUT2D eigenvalue weighted by Gasteiger charge is -2.41. The standard InChI is InChI=1S/C39H45N3O6Si/c1-39(2,3)49(4,5)48-36(32-19-13-8-14-20-32)34(41-37(44)46-27-29-15-9-6-10-16-29)23-22-33(43)25-31-21-24-35(40-26-31)42-38(45)47-28-30-17-11-7-12-18-30/h6-24,26,34,36H,25,27-28H2,1-5H3,(H,41,44)(H,40,42,45)/b23-22+/t34-,36-/m1/s1. The Morgan fingerprint density at radius 3 is 1.84 bits per heavy atom. The second-order valence-electron chi connectivity index (χ2n) is 13.2. The van der Waals surface area contributed by atoms with Crippen molar-refractivity contribution in [2.45, 2.75) is 70.7 Å². The number of allylic oxidation sites excluding steroid dienone is 1. The highest BCUT2D eigenvalue weighted by Crippen LogP contribution is 2.40. The van der Waals surface area contributed by atoms with Crippen molar-refractivity contribution >= 4 is 32.1 Å². The van der Waals surface area contributed by atoms with E-state index in [1.807, 2.05) is 91.0 Å². The fourth-order valence-electron chi connectivity index (χ4n) is 4.55. The van der Waals surface area contributed by atoms with E-state index in [1.54, 1.807) is 18.2 Å². The number of alkyl carbamates (subject to hydrolysis) is 1. The number of aromatic nitrogens is 1. The summed E-state index contributed by atoms with van der Waals surface area (Å²) in [6.45, 7) is 11.0. The van der Waals surface area contributed by atoms with Gasteiger partial charge in [-0.15, -0.1) is 0 Å². The topological polar surface area (TPSA) is 116 Å². The van der Waals surface area contributed by atoms with E-state index in [4.69, 9.17) is 13.9 Å². The number of ketones is 1. The van der Waals surface area contributed by atoms with Gasteiger partial charge in [0.05, 0.1) is 12.1 Å². The second-order valence-corrected chi connectivity index (χ2v) is 17.9. The van der Waals surface area contributed by atoms with Crippen molar-refractivity contribution < 1.29 is 28.3 Å². The van der Waals surface area contributed by atoms with Crippen molar-refractivity contribution in [2.24, 2.45) is 0 Å². The van der Waals surface area contributed by atoms with Crippen molar-refractivity contribution in [3.63, 3.8) is 0 Å². The van der Waals surface area contributed by atoms with Crippen molar-refractivity contribution in [3.8, 4) is 0 Å². The van der Waals surface area contributed by atoms with Crippen molar-refractivity contribution in [3.05, 3.63) is 144 Å². The first-order valence-electron chi connectivity index (χ1n) is 16.2. The van der Waals surface area contributed by atoms with Crippen LogP contribution in [0, 0.1) is 0 Å². The van der Waals surface area contributed by atoms with E-state index in [0.717, 1.165) is 16.7 Å². The summed E-state index contributed by atoms with van der Waals surface area (Å²) in [5.74, 6) is 0.102. The highest BCUT2D eigenvalue weighted by molar-refractivity contribution is 6.74. The smallest absolute Gasteiger partial charge is 0.413 e. The summed E-state index contributed by atoms with van der Waals surface area (Å²) in [6.07, 6.45) is 2.89. The van der Waals surface area contributed by atoms with Crippen LogP contribution in [0.15, 0.2) is 121 Å². The maximum atomic E-state index is 13.2. The Balaban J connectivity index is 1.46. The molecule has 2 N–H and O–H groups in total. The van der Waals surface area contributed by atoms with Crippen LogP contribution < -0.4 is 10.6 Å². The quantitative estimate of drug-likeness (QED) is 0.101. The Hall–Kier alpha value is -5.06. The second kappa shape index (κ2) is 17.4. The Kier molecular flexibility index (Phi) is 13.0. The molecule has 0 saturated carbocycles. The summed E-state index contributed by atoms with van der Waals surface area (Å²) in [5.41, 5.74) is 3.25. The van der Waals surface area contributed by atoms with E-state index >= 15 is 0 Å². The molecule has 1 heterocycles. The van der Waals surface area contributed by atoms with E-state index in [-0.39, 0.29) is 30.5 Å². The van der Waals surface area contributed by atoms with E-state index in [0.29, 0.717) is 11.4 Å². The van der Waals surface area contributed by atoms with Gasteiger partial charge in [0.25, 0.3) is 0 Å². The number of nitrogens with one attached hydrogen (secondary N) is 2. The fourth-order valence-corrected chi connectivity index (χ4v) is 5.82. The number of anilines is 1. The van der Waals surface area contributed by atoms with Crippen LogP contribution in [0.1, 0.15) is 49.1 Å². The number of pyridine rings is 1. The molecule has 49 heavy (non-hydrogen) atoms. The molecule has 0 bridgehead atoms. The number of nitrogens with zero attached hydrogens (tertiary/aromatic N) is 1. The summed E-state index contributed by atoms with van der Waals surface area (Å²) in [4.78, 5) is 42.8. The molecule has 0 aliphatic rings. The molecule has 0 aliphatic heterocycles. The minimum atomic E-state index is -2.35. The third-order valence-electron chi connectivity index (χ3n) is 8.31. The molecule has 10 heteroatoms. The van der Waals surface area contributed by atoms with Gasteiger partial charge in [0.15, 0.2) is 14.1 Å². The van der Waals surface area contributed by atoms with Crippen LogP contribution in [-0.4, -0.2) is 37.3 Å². The first-order valence-corrected chi connectivity index (χ1v) is 19.1. The number of hydrogen-bond acceptors (Lipinski definition) is 7. The molecule has 3 aromatic carbocycles. The number of carbonyl (C=O) groups is 3. The minimum Gasteiger partial charge on any atom is -0.445 e. The third-order valence-corrected chi connectivity index (χ3v) is 12.8. The Morgan fingerprint density at radius 1 is 0.755 bits per heavy atom. The molecule has 0 saturated heterocycles. The number of ether oxygens (including phenoxy) is 2. The van der Waals surface area contributed by atoms with Gasteiger partial charge in [0.2, 0.25) is 0 Å². The van der Waals surface area contributed by atoms with Crippen LogP contribution >= 0.6 is 0 Å². The summed E-state index contributed by atoms with van der Waals surface area (Å²) in [7, 11) is -2.35. The minimum absolute atomic E-state index is 0.0620. The number of rotatable bonds is 14. The number of carbonyl (C=O) groups excluding carboxylic acids is 3. The molecule has 9 nitrogen and oxygen atoms in total. The lowest BCUT2D eigenvalue weighted by atomic mass is 10.0. The predicted molar refractivity (Wildman–Crippen MR) is 193 cm³/mol. The van der Waals surface area contributed by atoms with E-state index < -0.39 is 32.6 Å². The molecule has 2 amide bonds. The molecule has 4 rings (SSSR count). The van der Waals surface area contributed by atoms with Crippen LogP contribution in [0.4, 0.5) is 15.4 Å². The Labute approximate surface area is 289 Å². The maximum Gasteiger partial charge on any atom is 0.413 e. The van der Waals surface area contributed by atoms with E-state index in [2.05, 4.69) is 49.5 Å². The highest BCUT2D eigenvalue weighted by atomic mass is 28.4. The molecule has 4 aromatic rings. The molecule has 0 unspecified atom stereocenters. The zero-order valence-electron chi connectivity index (χ0n) is 28.7. The first-order chi connectivity index (χ1) is 23.4. The van der Waals surface area contributed by atoms with Crippen molar-refractivity contribution in [2.75, 3.05) is 5.32 Å². The average molecular weight is 680 g/mol. The van der Waals surface area contributed by atoms with Gasteiger partial charge >= 0.3 is 12.2 Å². The van der Waals surface area contributed by atoms with E-state index in [1.165, 1.54) is 12.3 Å². The lowest BCUT2D eigenvalue weighted by molar-refractivity contribution is -0.114. The van der Waals surface area contributed by atoms with Crippen molar-refractivity contribution in [1.82, 2.24) is 10.3 Å². The van der Waals surface area contributed by atoms with Gasteiger partial charge in [-0.05, 0) is 52.5 Å². The molecular weight excluding hydrogens is 635 g/mol. The summed E-state index contributed by atoms with van der Waals surface area (Å²) in [5, 5.41) is 5.45. The summed E-state index contributed by atoms with van der Waals surface area (Å²) in [6, 6.07) is 31.1. The number of hydrogen-bond donors (Lipinski definition) is 2. The largest absolute Gasteiger partial charge is 0.445 e. The highest BCUT2D eigenvalue weighted by Gasteiger charge is 2.41.